The number of carbonyl (C=O) groups excluding carboxylic acids is 3. The van der Waals surface area contributed by atoms with Crippen LogP contribution in [0.3, 0.4) is 0 Å². The van der Waals surface area contributed by atoms with E-state index in [4.69, 9.17) is 16.7 Å². The second kappa shape index (κ2) is 8.64. The Balaban J connectivity index is 1.74. The number of rotatable bonds is 4. The highest BCUT2D eigenvalue weighted by Crippen LogP contribution is 2.28. The number of halogens is 1. The van der Waals surface area contributed by atoms with E-state index in [9.17, 15) is 19.2 Å². The lowest BCUT2D eigenvalue weighted by atomic mass is 10.1. The highest BCUT2D eigenvalue weighted by atomic mass is 35.5. The lowest BCUT2D eigenvalue weighted by molar-refractivity contribution is -0.122. The third-order valence-corrected chi connectivity index (χ3v) is 6.07. The Morgan fingerprint density at radius 2 is 1.62 bits per heavy atom. The zero-order chi connectivity index (χ0) is 24.7. The van der Waals surface area contributed by atoms with Gasteiger partial charge in [0.25, 0.3) is 11.8 Å². The minimum absolute atomic E-state index is 0.166. The molecule has 0 atom stereocenters. The molecule has 0 saturated carbocycles. The van der Waals surface area contributed by atoms with Gasteiger partial charge in [-0.2, -0.15) is 0 Å². The van der Waals surface area contributed by atoms with E-state index in [1.54, 1.807) is 37.3 Å². The number of anilines is 1. The van der Waals surface area contributed by atoms with Gasteiger partial charge in [-0.3, -0.25) is 14.9 Å². The van der Waals surface area contributed by atoms with Crippen LogP contribution in [0.2, 0.25) is 5.02 Å². The van der Waals surface area contributed by atoms with Crippen LogP contribution >= 0.6 is 11.6 Å². The molecule has 0 bridgehead atoms. The number of aryl methyl sites for hydroxylation is 2. The summed E-state index contributed by atoms with van der Waals surface area (Å²) in [6.45, 7) is 5.47. The van der Waals surface area contributed by atoms with Crippen LogP contribution in [0.5, 0.6) is 0 Å². The highest BCUT2D eigenvalue weighted by molar-refractivity contribution is 6.39. The molecule has 0 spiro atoms. The topological polar surface area (TPSA) is 109 Å². The monoisotopic (exact) mass is 477 g/mol. The molecular weight excluding hydrogens is 458 g/mol. The maximum Gasteiger partial charge on any atom is 0.335 e. The van der Waals surface area contributed by atoms with E-state index in [0.717, 1.165) is 27.5 Å². The quantitative estimate of drug-likeness (QED) is 0.427. The standard InChI is InChI=1S/C25H20ClN3O5/c1-13-4-7-19(12-21(13)26)29-23(31)20(22(30)27-25(29)34)11-17-10-14(2)28(15(17)3)18-8-5-16(6-9-18)24(32)33/h4-12H,1-3H3,(H,32,33)(H,27,30,34)/b20-11-. The van der Waals surface area contributed by atoms with Crippen molar-refractivity contribution in [3.8, 4) is 5.69 Å². The maximum atomic E-state index is 13.2. The van der Waals surface area contributed by atoms with Gasteiger partial charge in [0, 0.05) is 22.1 Å². The van der Waals surface area contributed by atoms with E-state index in [1.165, 1.54) is 24.3 Å². The molecule has 1 aliphatic heterocycles. The molecule has 34 heavy (non-hydrogen) atoms. The van der Waals surface area contributed by atoms with Crippen LogP contribution in [0.15, 0.2) is 54.1 Å². The summed E-state index contributed by atoms with van der Waals surface area (Å²) < 4.78 is 1.88. The molecule has 1 aromatic heterocycles. The zero-order valence-corrected chi connectivity index (χ0v) is 19.3. The first-order valence-corrected chi connectivity index (χ1v) is 10.7. The zero-order valence-electron chi connectivity index (χ0n) is 18.5. The first-order chi connectivity index (χ1) is 16.1. The Kier molecular flexibility index (Phi) is 5.85. The number of aromatic carboxylic acids is 1. The normalized spacial score (nSPS) is 15.1. The van der Waals surface area contributed by atoms with Gasteiger partial charge in [0.05, 0.1) is 11.3 Å². The van der Waals surface area contributed by atoms with Crippen LogP contribution in [-0.2, 0) is 9.59 Å². The van der Waals surface area contributed by atoms with Crippen LogP contribution in [0, 0.1) is 20.8 Å². The van der Waals surface area contributed by atoms with Crippen LogP contribution in [-0.4, -0.2) is 33.5 Å². The molecule has 9 heteroatoms. The molecule has 2 heterocycles. The molecule has 0 aliphatic carbocycles. The Labute approximate surface area is 200 Å². The Hall–Kier alpha value is -4.17. The number of carbonyl (C=O) groups is 4. The number of benzene rings is 2. The molecule has 2 aromatic carbocycles. The fraction of sp³-hybridized carbons (Fsp3) is 0.120. The summed E-state index contributed by atoms with van der Waals surface area (Å²) in [6.07, 6.45) is 1.44. The Morgan fingerprint density at radius 1 is 0.971 bits per heavy atom. The summed E-state index contributed by atoms with van der Waals surface area (Å²) in [5.74, 6) is -2.57. The van der Waals surface area contributed by atoms with Crippen LogP contribution < -0.4 is 10.2 Å². The predicted molar refractivity (Wildman–Crippen MR) is 127 cm³/mol. The molecule has 0 unspecified atom stereocenters. The summed E-state index contributed by atoms with van der Waals surface area (Å²) >= 11 is 6.16. The molecule has 1 fully saturated rings. The largest absolute Gasteiger partial charge is 0.478 e. The Bertz CT molecular complexity index is 1400. The summed E-state index contributed by atoms with van der Waals surface area (Å²) in [5, 5.41) is 11.7. The number of hydrogen-bond acceptors (Lipinski definition) is 4. The average molecular weight is 478 g/mol. The van der Waals surface area contributed by atoms with Crippen molar-refractivity contribution < 1.29 is 24.3 Å². The first-order valence-electron chi connectivity index (χ1n) is 10.3. The second-order valence-corrected chi connectivity index (χ2v) is 8.31. The highest BCUT2D eigenvalue weighted by Gasteiger charge is 2.37. The fourth-order valence-electron chi connectivity index (χ4n) is 3.85. The molecule has 1 aliphatic rings. The number of nitrogens with zero attached hydrogens (tertiary/aromatic N) is 2. The van der Waals surface area contributed by atoms with E-state index in [2.05, 4.69) is 5.32 Å². The van der Waals surface area contributed by atoms with E-state index < -0.39 is 23.8 Å². The number of urea groups is 1. The van der Waals surface area contributed by atoms with Gasteiger partial charge in [-0.1, -0.05) is 17.7 Å². The molecule has 172 valence electrons. The van der Waals surface area contributed by atoms with Gasteiger partial charge >= 0.3 is 12.0 Å². The molecule has 4 rings (SSSR count). The lowest BCUT2D eigenvalue weighted by Gasteiger charge is -2.26. The number of nitrogens with one attached hydrogen (secondary N) is 1. The summed E-state index contributed by atoms with van der Waals surface area (Å²) in [4.78, 5) is 50.2. The summed E-state index contributed by atoms with van der Waals surface area (Å²) in [5.41, 5.74) is 3.89. The third kappa shape index (κ3) is 3.99. The number of carboxylic acids is 1. The van der Waals surface area contributed by atoms with Crippen LogP contribution in [0.1, 0.15) is 32.9 Å². The van der Waals surface area contributed by atoms with E-state index in [1.807, 2.05) is 18.4 Å². The van der Waals surface area contributed by atoms with E-state index >= 15 is 0 Å². The van der Waals surface area contributed by atoms with Crippen molar-refractivity contribution in [1.82, 2.24) is 9.88 Å². The molecule has 3 aromatic rings. The van der Waals surface area contributed by atoms with Crippen molar-refractivity contribution in [2.45, 2.75) is 20.8 Å². The number of barbiturate groups is 1. The van der Waals surface area contributed by atoms with Gasteiger partial charge in [0.2, 0.25) is 0 Å². The predicted octanol–water partition coefficient (Wildman–Crippen LogP) is 4.42. The number of carboxylic acid groups (broad SMARTS) is 1. The molecular formula is C25H20ClN3O5. The van der Waals surface area contributed by atoms with Crippen molar-refractivity contribution >= 4 is 47.2 Å². The lowest BCUT2D eigenvalue weighted by Crippen LogP contribution is -2.54. The third-order valence-electron chi connectivity index (χ3n) is 5.66. The number of hydrogen-bond donors (Lipinski definition) is 2. The van der Waals surface area contributed by atoms with Gasteiger partial charge in [-0.15, -0.1) is 0 Å². The summed E-state index contributed by atoms with van der Waals surface area (Å²) in [6, 6.07) is 12.1. The second-order valence-electron chi connectivity index (χ2n) is 7.91. The van der Waals surface area contributed by atoms with E-state index in [-0.39, 0.29) is 16.8 Å². The summed E-state index contributed by atoms with van der Waals surface area (Å²) in [7, 11) is 0. The molecule has 8 nitrogen and oxygen atoms in total. The van der Waals surface area contributed by atoms with Gasteiger partial charge < -0.3 is 9.67 Å². The molecule has 1 saturated heterocycles. The van der Waals surface area contributed by atoms with Gasteiger partial charge in [-0.05, 0) is 80.4 Å². The maximum absolute atomic E-state index is 13.2. The van der Waals surface area contributed by atoms with Crippen molar-refractivity contribution in [2.24, 2.45) is 0 Å². The van der Waals surface area contributed by atoms with Crippen molar-refractivity contribution in [1.29, 1.82) is 0 Å². The van der Waals surface area contributed by atoms with Gasteiger partial charge in [-0.25, -0.2) is 14.5 Å². The fourth-order valence-corrected chi connectivity index (χ4v) is 4.03. The van der Waals surface area contributed by atoms with Crippen LogP contribution in [0.4, 0.5) is 10.5 Å². The number of imide groups is 2. The smallest absolute Gasteiger partial charge is 0.335 e. The van der Waals surface area contributed by atoms with E-state index in [0.29, 0.717) is 10.6 Å². The minimum atomic E-state index is -1.02. The van der Waals surface area contributed by atoms with Gasteiger partial charge in [0.1, 0.15) is 5.57 Å². The minimum Gasteiger partial charge on any atom is -0.478 e. The molecule has 2 N–H and O–H groups in total. The van der Waals surface area contributed by atoms with Crippen molar-refractivity contribution in [2.75, 3.05) is 4.90 Å². The number of aromatic nitrogens is 1. The van der Waals surface area contributed by atoms with Gasteiger partial charge in [0.15, 0.2) is 0 Å². The molecule has 0 radical (unpaired) electrons. The average Bonchev–Trinajstić information content (AvgIpc) is 3.06. The Morgan fingerprint density at radius 3 is 2.24 bits per heavy atom. The molecule has 4 amide bonds. The van der Waals surface area contributed by atoms with Crippen molar-refractivity contribution in [3.63, 3.8) is 0 Å². The SMILES string of the molecule is Cc1ccc(N2C(=O)NC(=O)/C(=C/c3cc(C)n(-c4ccc(C(=O)O)cc4)c3C)C2=O)cc1Cl. The number of amides is 4. The van der Waals surface area contributed by atoms with Crippen molar-refractivity contribution in [3.05, 3.63) is 87.2 Å². The van der Waals surface area contributed by atoms with Crippen LogP contribution in [0.25, 0.3) is 11.8 Å². The first kappa shape index (κ1) is 23.0.